The van der Waals surface area contributed by atoms with Gasteiger partial charge in [0.1, 0.15) is 5.75 Å². The van der Waals surface area contributed by atoms with Crippen LogP contribution in [0.4, 0.5) is 0 Å². The Morgan fingerprint density at radius 2 is 1.90 bits per heavy atom. The van der Waals surface area contributed by atoms with Gasteiger partial charge in [-0.1, -0.05) is 48.5 Å². The number of carbonyl (C=O) groups is 2. The average Bonchev–Trinajstić information content (AvgIpc) is 3.22. The van der Waals surface area contributed by atoms with Gasteiger partial charge < -0.3 is 20.1 Å². The van der Waals surface area contributed by atoms with Gasteiger partial charge in [0.25, 0.3) is 0 Å². The lowest BCUT2D eigenvalue weighted by atomic mass is 10.0. The summed E-state index contributed by atoms with van der Waals surface area (Å²) in [5.41, 5.74) is 1.57. The number of phenolic OH excluding ortho intramolecular Hbond substituents is 1. The molecule has 0 spiro atoms. The van der Waals surface area contributed by atoms with Crippen LogP contribution in [0.25, 0.3) is 0 Å². The molecule has 6 heteroatoms. The molecule has 0 bridgehead atoms. The second-order valence-electron chi connectivity index (χ2n) is 7.41. The first-order valence-electron chi connectivity index (χ1n) is 10.0. The topological polar surface area (TPSA) is 78.9 Å². The van der Waals surface area contributed by atoms with Gasteiger partial charge >= 0.3 is 0 Å². The third-order valence-electron chi connectivity index (χ3n) is 5.11. The Balaban J connectivity index is 1.78. The Bertz CT molecular complexity index is 819. The first-order valence-corrected chi connectivity index (χ1v) is 10.0. The number of carbonyl (C=O) groups excluding carboxylic acids is 2. The number of nitrogens with zero attached hydrogens (tertiary/aromatic N) is 1. The molecule has 1 aliphatic rings. The van der Waals surface area contributed by atoms with E-state index in [0.717, 1.165) is 18.4 Å². The van der Waals surface area contributed by atoms with E-state index in [1.807, 2.05) is 42.5 Å². The van der Waals surface area contributed by atoms with E-state index >= 15 is 0 Å². The maximum absolute atomic E-state index is 13.2. The second kappa shape index (κ2) is 10.1. The molecule has 2 aromatic carbocycles. The van der Waals surface area contributed by atoms with E-state index < -0.39 is 6.04 Å². The van der Waals surface area contributed by atoms with Crippen molar-refractivity contribution in [2.75, 3.05) is 13.2 Å². The van der Waals surface area contributed by atoms with Crippen molar-refractivity contribution in [2.24, 2.45) is 0 Å². The molecule has 1 fully saturated rings. The van der Waals surface area contributed by atoms with Gasteiger partial charge in [-0.25, -0.2) is 0 Å². The molecule has 1 saturated heterocycles. The quantitative estimate of drug-likeness (QED) is 0.718. The van der Waals surface area contributed by atoms with Crippen molar-refractivity contribution in [1.29, 1.82) is 0 Å². The number of ether oxygens (including phenoxy) is 1. The van der Waals surface area contributed by atoms with Crippen molar-refractivity contribution in [2.45, 2.75) is 44.9 Å². The first kappa shape index (κ1) is 20.9. The molecule has 0 radical (unpaired) electrons. The maximum Gasteiger partial charge on any atom is 0.225 e. The van der Waals surface area contributed by atoms with Gasteiger partial charge in [0.15, 0.2) is 0 Å². The highest BCUT2D eigenvalue weighted by Crippen LogP contribution is 2.23. The van der Waals surface area contributed by atoms with Gasteiger partial charge in [0, 0.05) is 32.2 Å². The van der Waals surface area contributed by atoms with Gasteiger partial charge in [-0.05, 0) is 24.5 Å². The van der Waals surface area contributed by atoms with Crippen molar-refractivity contribution in [3.63, 3.8) is 0 Å². The zero-order valence-corrected chi connectivity index (χ0v) is 16.7. The number of nitrogens with one attached hydrogen (secondary N) is 1. The van der Waals surface area contributed by atoms with Crippen LogP contribution in [0.3, 0.4) is 0 Å². The van der Waals surface area contributed by atoms with Gasteiger partial charge in [0.2, 0.25) is 11.8 Å². The molecule has 3 rings (SSSR count). The molecule has 154 valence electrons. The minimum absolute atomic E-state index is 0.000691. The molecular weight excluding hydrogens is 368 g/mol. The SMILES string of the molecule is CC(=O)NC(CC(=O)N(Cc1ccccc1O)CC1CCCO1)c1ccccc1. The molecule has 6 nitrogen and oxygen atoms in total. The largest absolute Gasteiger partial charge is 0.508 e. The molecule has 2 atom stereocenters. The van der Waals surface area contributed by atoms with Gasteiger partial charge in [0.05, 0.1) is 18.6 Å². The number of benzene rings is 2. The standard InChI is InChI=1S/C23H28N2O4/c1-17(26)24-21(18-8-3-2-4-9-18)14-23(28)25(16-20-11-7-13-29-20)15-19-10-5-6-12-22(19)27/h2-6,8-10,12,20-21,27H,7,11,13-16H2,1H3,(H,24,26). The number of para-hydroxylation sites is 1. The fourth-order valence-corrected chi connectivity index (χ4v) is 3.63. The third-order valence-corrected chi connectivity index (χ3v) is 5.11. The third kappa shape index (κ3) is 6.06. The summed E-state index contributed by atoms with van der Waals surface area (Å²) in [6.45, 7) is 2.93. The maximum atomic E-state index is 13.2. The zero-order chi connectivity index (χ0) is 20.6. The molecule has 0 saturated carbocycles. The molecule has 2 amide bonds. The molecule has 1 heterocycles. The van der Waals surface area contributed by atoms with Gasteiger partial charge in [-0.3, -0.25) is 9.59 Å². The minimum Gasteiger partial charge on any atom is -0.508 e. The number of phenols is 1. The van der Waals surface area contributed by atoms with Crippen LogP contribution in [0.2, 0.25) is 0 Å². The number of rotatable bonds is 8. The molecule has 29 heavy (non-hydrogen) atoms. The first-order chi connectivity index (χ1) is 14.0. The van der Waals surface area contributed by atoms with Crippen molar-refractivity contribution >= 4 is 11.8 Å². The van der Waals surface area contributed by atoms with E-state index in [9.17, 15) is 14.7 Å². The summed E-state index contributed by atoms with van der Waals surface area (Å²) < 4.78 is 5.73. The highest BCUT2D eigenvalue weighted by Gasteiger charge is 2.26. The Kier molecular flexibility index (Phi) is 7.25. The lowest BCUT2D eigenvalue weighted by molar-refractivity contribution is -0.134. The predicted molar refractivity (Wildman–Crippen MR) is 110 cm³/mol. The monoisotopic (exact) mass is 396 g/mol. The van der Waals surface area contributed by atoms with Gasteiger partial charge in [-0.2, -0.15) is 0 Å². The predicted octanol–water partition coefficient (Wildman–Crippen LogP) is 3.17. The number of amides is 2. The van der Waals surface area contributed by atoms with Crippen molar-refractivity contribution in [1.82, 2.24) is 10.2 Å². The fraction of sp³-hybridized carbons (Fsp3) is 0.391. The smallest absolute Gasteiger partial charge is 0.225 e. The van der Waals surface area contributed by atoms with Crippen molar-refractivity contribution in [3.05, 3.63) is 65.7 Å². The average molecular weight is 396 g/mol. The van der Waals surface area contributed by atoms with E-state index in [1.54, 1.807) is 17.0 Å². The number of hydrogen-bond donors (Lipinski definition) is 2. The second-order valence-corrected chi connectivity index (χ2v) is 7.41. The number of hydrogen-bond acceptors (Lipinski definition) is 4. The van der Waals surface area contributed by atoms with Crippen molar-refractivity contribution in [3.8, 4) is 5.75 Å². The Morgan fingerprint density at radius 3 is 2.55 bits per heavy atom. The van der Waals surface area contributed by atoms with E-state index in [0.29, 0.717) is 25.3 Å². The van der Waals surface area contributed by atoms with Crippen LogP contribution in [0.15, 0.2) is 54.6 Å². The lowest BCUT2D eigenvalue weighted by Crippen LogP contribution is -2.39. The molecular formula is C23H28N2O4. The summed E-state index contributed by atoms with van der Waals surface area (Å²) in [6.07, 6.45) is 2.05. The van der Waals surface area contributed by atoms with Crippen LogP contribution in [-0.4, -0.2) is 41.1 Å². The van der Waals surface area contributed by atoms with Crippen LogP contribution < -0.4 is 5.32 Å². The summed E-state index contributed by atoms with van der Waals surface area (Å²) in [4.78, 5) is 26.7. The van der Waals surface area contributed by atoms with Crippen LogP contribution >= 0.6 is 0 Å². The summed E-state index contributed by atoms with van der Waals surface area (Å²) in [7, 11) is 0. The van der Waals surface area contributed by atoms with Crippen molar-refractivity contribution < 1.29 is 19.4 Å². The minimum atomic E-state index is -0.405. The molecule has 2 aromatic rings. The summed E-state index contributed by atoms with van der Waals surface area (Å²) in [6, 6.07) is 16.1. The highest BCUT2D eigenvalue weighted by atomic mass is 16.5. The summed E-state index contributed by atoms with van der Waals surface area (Å²) >= 11 is 0. The number of aromatic hydroxyl groups is 1. The van der Waals surface area contributed by atoms with Crippen LogP contribution in [0.5, 0.6) is 5.75 Å². The highest BCUT2D eigenvalue weighted by molar-refractivity contribution is 5.79. The Labute approximate surface area is 171 Å². The van der Waals surface area contributed by atoms with E-state index in [1.165, 1.54) is 6.92 Å². The van der Waals surface area contributed by atoms with Gasteiger partial charge in [-0.15, -0.1) is 0 Å². The lowest BCUT2D eigenvalue weighted by Gasteiger charge is -2.28. The normalized spacial score (nSPS) is 16.9. The van der Waals surface area contributed by atoms with E-state index in [4.69, 9.17) is 4.74 Å². The Morgan fingerprint density at radius 1 is 1.17 bits per heavy atom. The molecule has 0 aliphatic carbocycles. The zero-order valence-electron chi connectivity index (χ0n) is 16.7. The van der Waals surface area contributed by atoms with Crippen LogP contribution in [-0.2, 0) is 20.9 Å². The fourth-order valence-electron chi connectivity index (χ4n) is 3.63. The summed E-state index contributed by atoms with van der Waals surface area (Å²) in [5, 5.41) is 13.0. The molecule has 2 N–H and O–H groups in total. The molecule has 2 unspecified atom stereocenters. The van der Waals surface area contributed by atoms with Crippen LogP contribution in [0.1, 0.15) is 43.4 Å². The molecule has 0 aromatic heterocycles. The van der Waals surface area contributed by atoms with E-state index in [2.05, 4.69) is 5.32 Å². The Hall–Kier alpha value is -2.86. The van der Waals surface area contributed by atoms with E-state index in [-0.39, 0.29) is 30.1 Å². The summed E-state index contributed by atoms with van der Waals surface area (Å²) in [5.74, 6) is -0.108. The molecule has 1 aliphatic heterocycles. The van der Waals surface area contributed by atoms with Crippen LogP contribution in [0, 0.1) is 0 Å².